The second-order valence-electron chi connectivity index (χ2n) is 6.40. The lowest BCUT2D eigenvalue weighted by atomic mass is 10.00. The lowest BCUT2D eigenvalue weighted by molar-refractivity contribution is 0.0923. The standard InChI is InChI=1S/C19H24FN3O2/c1-4-14(5-2)23-12(3)16(11-21-23)19(24)22-17-8-9-25-18-7-6-13(20)10-15(17)18/h6-7,10-11,14,17H,4-5,8-9H2,1-3H3,(H,22,24)/t17-/m1/s1. The van der Waals surface area contributed by atoms with E-state index in [1.807, 2.05) is 11.6 Å². The van der Waals surface area contributed by atoms with Crippen LogP contribution in [0.3, 0.4) is 0 Å². The normalized spacial score (nSPS) is 16.4. The maximum absolute atomic E-state index is 13.6. The molecular weight excluding hydrogens is 321 g/mol. The maximum atomic E-state index is 13.6. The highest BCUT2D eigenvalue weighted by Crippen LogP contribution is 2.32. The van der Waals surface area contributed by atoms with Crippen molar-refractivity contribution in [2.45, 2.75) is 52.1 Å². The van der Waals surface area contributed by atoms with Crippen molar-refractivity contribution in [1.29, 1.82) is 0 Å². The highest BCUT2D eigenvalue weighted by Gasteiger charge is 2.26. The van der Waals surface area contributed by atoms with E-state index in [0.29, 0.717) is 35.9 Å². The quantitative estimate of drug-likeness (QED) is 0.893. The van der Waals surface area contributed by atoms with Crippen molar-refractivity contribution in [2.24, 2.45) is 0 Å². The number of aromatic nitrogens is 2. The van der Waals surface area contributed by atoms with Crippen molar-refractivity contribution >= 4 is 5.91 Å². The molecule has 1 aliphatic heterocycles. The Bertz CT molecular complexity index is 768. The van der Waals surface area contributed by atoms with Crippen LogP contribution in [-0.2, 0) is 0 Å². The van der Waals surface area contributed by atoms with Gasteiger partial charge in [-0.3, -0.25) is 9.48 Å². The molecule has 1 atom stereocenters. The fourth-order valence-corrected chi connectivity index (χ4v) is 3.40. The van der Waals surface area contributed by atoms with Crippen LogP contribution in [0.15, 0.2) is 24.4 Å². The first-order chi connectivity index (χ1) is 12.0. The highest BCUT2D eigenvalue weighted by atomic mass is 19.1. The predicted octanol–water partition coefficient (Wildman–Crippen LogP) is 3.95. The average Bonchev–Trinajstić information content (AvgIpc) is 2.98. The van der Waals surface area contributed by atoms with Crippen molar-refractivity contribution < 1.29 is 13.9 Å². The van der Waals surface area contributed by atoms with Gasteiger partial charge in [0.2, 0.25) is 0 Å². The molecule has 0 fully saturated rings. The van der Waals surface area contributed by atoms with E-state index < -0.39 is 0 Å². The number of fused-ring (bicyclic) bond motifs is 1. The van der Waals surface area contributed by atoms with Crippen LogP contribution in [0, 0.1) is 12.7 Å². The van der Waals surface area contributed by atoms with Crippen molar-refractivity contribution in [3.8, 4) is 5.75 Å². The SMILES string of the molecule is CCC(CC)n1ncc(C(=O)N[C@@H]2CCOc3ccc(F)cc32)c1C. The number of nitrogens with one attached hydrogen (secondary N) is 1. The topological polar surface area (TPSA) is 56.2 Å². The van der Waals surface area contributed by atoms with Gasteiger partial charge in [-0.1, -0.05) is 13.8 Å². The van der Waals surface area contributed by atoms with E-state index in [0.717, 1.165) is 18.5 Å². The van der Waals surface area contributed by atoms with Gasteiger partial charge in [-0.25, -0.2) is 4.39 Å². The van der Waals surface area contributed by atoms with Crippen molar-refractivity contribution in [3.05, 3.63) is 47.0 Å². The van der Waals surface area contributed by atoms with Gasteiger partial charge >= 0.3 is 0 Å². The molecule has 1 amide bonds. The Hall–Kier alpha value is -2.37. The van der Waals surface area contributed by atoms with E-state index in [2.05, 4.69) is 24.3 Å². The zero-order chi connectivity index (χ0) is 18.0. The van der Waals surface area contributed by atoms with Crippen LogP contribution in [0.1, 0.15) is 66.8 Å². The molecule has 0 radical (unpaired) electrons. The van der Waals surface area contributed by atoms with Gasteiger partial charge in [0, 0.05) is 17.7 Å². The Balaban J connectivity index is 1.81. The summed E-state index contributed by atoms with van der Waals surface area (Å²) in [5, 5.41) is 7.41. The minimum absolute atomic E-state index is 0.184. The number of rotatable bonds is 5. The van der Waals surface area contributed by atoms with E-state index in [-0.39, 0.29) is 17.8 Å². The number of hydrogen-bond acceptors (Lipinski definition) is 3. The van der Waals surface area contributed by atoms with Gasteiger partial charge in [-0.05, 0) is 38.0 Å². The van der Waals surface area contributed by atoms with Crippen LogP contribution < -0.4 is 10.1 Å². The maximum Gasteiger partial charge on any atom is 0.255 e. The Kier molecular flexibility index (Phi) is 5.06. The molecule has 0 saturated carbocycles. The minimum Gasteiger partial charge on any atom is -0.493 e. The molecule has 1 aliphatic rings. The molecule has 2 heterocycles. The Morgan fingerprint density at radius 2 is 2.20 bits per heavy atom. The van der Waals surface area contributed by atoms with Crippen LogP contribution in [0.4, 0.5) is 4.39 Å². The number of halogens is 1. The predicted molar refractivity (Wildman–Crippen MR) is 93.3 cm³/mol. The van der Waals surface area contributed by atoms with Gasteiger partial charge in [-0.2, -0.15) is 5.10 Å². The summed E-state index contributed by atoms with van der Waals surface area (Å²) in [6.45, 7) is 6.64. The molecule has 3 rings (SSSR count). The minimum atomic E-state index is -0.332. The van der Waals surface area contributed by atoms with E-state index in [9.17, 15) is 9.18 Å². The molecule has 0 unspecified atom stereocenters. The lowest BCUT2D eigenvalue weighted by Gasteiger charge is -2.26. The molecule has 0 bridgehead atoms. The Morgan fingerprint density at radius 3 is 2.92 bits per heavy atom. The number of carbonyl (C=O) groups excluding carboxylic acids is 1. The molecule has 1 aromatic carbocycles. The first kappa shape index (κ1) is 17.5. The Morgan fingerprint density at radius 1 is 1.44 bits per heavy atom. The summed E-state index contributed by atoms with van der Waals surface area (Å²) in [6, 6.07) is 4.44. The van der Waals surface area contributed by atoms with Gasteiger partial charge in [0.15, 0.2) is 0 Å². The zero-order valence-corrected chi connectivity index (χ0v) is 14.9. The van der Waals surface area contributed by atoms with Crippen molar-refractivity contribution in [2.75, 3.05) is 6.61 Å². The number of benzene rings is 1. The molecule has 134 valence electrons. The second kappa shape index (κ2) is 7.25. The molecular formula is C19H24FN3O2. The third-order valence-corrected chi connectivity index (χ3v) is 4.89. The third kappa shape index (κ3) is 3.38. The van der Waals surface area contributed by atoms with Gasteiger partial charge < -0.3 is 10.1 Å². The first-order valence-corrected chi connectivity index (χ1v) is 8.82. The summed E-state index contributed by atoms with van der Waals surface area (Å²) < 4.78 is 21.1. The number of ether oxygens (including phenoxy) is 1. The van der Waals surface area contributed by atoms with Crippen LogP contribution in [0.2, 0.25) is 0 Å². The van der Waals surface area contributed by atoms with Gasteiger partial charge in [0.25, 0.3) is 5.91 Å². The average molecular weight is 345 g/mol. The van der Waals surface area contributed by atoms with Crippen LogP contribution in [0.5, 0.6) is 5.75 Å². The van der Waals surface area contributed by atoms with Crippen LogP contribution in [-0.4, -0.2) is 22.3 Å². The van der Waals surface area contributed by atoms with Gasteiger partial charge in [-0.15, -0.1) is 0 Å². The zero-order valence-electron chi connectivity index (χ0n) is 14.9. The highest BCUT2D eigenvalue weighted by molar-refractivity contribution is 5.95. The number of carbonyl (C=O) groups is 1. The molecule has 25 heavy (non-hydrogen) atoms. The summed E-state index contributed by atoms with van der Waals surface area (Å²) in [6.07, 6.45) is 4.16. The van der Waals surface area contributed by atoms with Gasteiger partial charge in [0.05, 0.1) is 30.5 Å². The summed E-state index contributed by atoms with van der Waals surface area (Å²) >= 11 is 0. The van der Waals surface area contributed by atoms with Crippen molar-refractivity contribution in [1.82, 2.24) is 15.1 Å². The van der Waals surface area contributed by atoms with E-state index in [1.54, 1.807) is 12.3 Å². The molecule has 0 spiro atoms. The molecule has 0 saturated heterocycles. The van der Waals surface area contributed by atoms with E-state index in [1.165, 1.54) is 12.1 Å². The number of nitrogens with zero attached hydrogens (tertiary/aromatic N) is 2. The largest absolute Gasteiger partial charge is 0.493 e. The molecule has 0 aliphatic carbocycles. The van der Waals surface area contributed by atoms with Crippen molar-refractivity contribution in [3.63, 3.8) is 0 Å². The smallest absolute Gasteiger partial charge is 0.255 e. The van der Waals surface area contributed by atoms with Gasteiger partial charge in [0.1, 0.15) is 11.6 Å². The Labute approximate surface area is 147 Å². The fourth-order valence-electron chi connectivity index (χ4n) is 3.40. The van der Waals surface area contributed by atoms with E-state index in [4.69, 9.17) is 4.74 Å². The third-order valence-electron chi connectivity index (χ3n) is 4.89. The molecule has 1 N–H and O–H groups in total. The molecule has 2 aromatic rings. The summed E-state index contributed by atoms with van der Waals surface area (Å²) in [4.78, 5) is 12.7. The summed E-state index contributed by atoms with van der Waals surface area (Å²) in [5.74, 6) is 0.112. The molecule has 5 nitrogen and oxygen atoms in total. The molecule has 1 aromatic heterocycles. The van der Waals surface area contributed by atoms with E-state index >= 15 is 0 Å². The second-order valence-corrected chi connectivity index (χ2v) is 6.40. The van der Waals surface area contributed by atoms with Crippen LogP contribution >= 0.6 is 0 Å². The number of hydrogen-bond donors (Lipinski definition) is 1. The monoisotopic (exact) mass is 345 g/mol. The first-order valence-electron chi connectivity index (χ1n) is 8.82. The lowest BCUT2D eigenvalue weighted by Crippen LogP contribution is -2.32. The van der Waals surface area contributed by atoms with Crippen LogP contribution in [0.25, 0.3) is 0 Å². The summed E-state index contributed by atoms with van der Waals surface area (Å²) in [7, 11) is 0. The summed E-state index contributed by atoms with van der Waals surface area (Å²) in [5.41, 5.74) is 2.11. The molecule has 6 heteroatoms. The fraction of sp³-hybridized carbons (Fsp3) is 0.474. The number of amides is 1.